The van der Waals surface area contributed by atoms with E-state index in [1.165, 1.54) is 16.4 Å². The number of carbonyl (C=O) groups excluding carboxylic acids is 1. The summed E-state index contributed by atoms with van der Waals surface area (Å²) in [7, 11) is -3.64. The summed E-state index contributed by atoms with van der Waals surface area (Å²) in [6, 6.07) is 7.61. The largest absolute Gasteiger partial charge is 0.305 e. The second-order valence-corrected chi connectivity index (χ2v) is 11.3. The van der Waals surface area contributed by atoms with E-state index in [9.17, 15) is 23.3 Å². The highest BCUT2D eigenvalue weighted by Crippen LogP contribution is 2.27. The van der Waals surface area contributed by atoms with Crippen LogP contribution in [0.15, 0.2) is 44.9 Å². The molecule has 1 aromatic carbocycles. The minimum atomic E-state index is -3.64. The summed E-state index contributed by atoms with van der Waals surface area (Å²) < 4.78 is 29.5. The lowest BCUT2D eigenvalue weighted by atomic mass is 9.99. The van der Waals surface area contributed by atoms with Gasteiger partial charge in [0.2, 0.25) is 0 Å². The van der Waals surface area contributed by atoms with Crippen LogP contribution < -0.4 is 4.80 Å². The molecule has 0 radical (unpaired) electrons. The number of hydrogen-bond donors (Lipinski definition) is 0. The van der Waals surface area contributed by atoms with Gasteiger partial charge in [-0.2, -0.15) is 9.30 Å². The van der Waals surface area contributed by atoms with E-state index in [4.69, 9.17) is 6.42 Å². The molecule has 1 aliphatic heterocycles. The Morgan fingerprint density at radius 3 is 2.88 bits per heavy atom. The van der Waals surface area contributed by atoms with Gasteiger partial charge in [-0.25, -0.2) is 8.42 Å². The number of thiazole rings is 1. The summed E-state index contributed by atoms with van der Waals surface area (Å²) in [5.41, 5.74) is 0.585. The van der Waals surface area contributed by atoms with Crippen molar-refractivity contribution in [2.75, 3.05) is 13.1 Å². The number of benzene rings is 1. The average molecular weight is 491 g/mol. The number of fused-ring (bicyclic) bond motifs is 1. The van der Waals surface area contributed by atoms with Gasteiger partial charge in [-0.1, -0.05) is 23.3 Å². The minimum absolute atomic E-state index is 0.0636. The fourth-order valence-corrected chi connectivity index (χ4v) is 7.33. The van der Waals surface area contributed by atoms with E-state index in [-0.39, 0.29) is 23.0 Å². The summed E-state index contributed by atoms with van der Waals surface area (Å²) in [6.45, 7) is 0.565. The van der Waals surface area contributed by atoms with E-state index < -0.39 is 26.8 Å². The maximum atomic E-state index is 13.0. The van der Waals surface area contributed by atoms with Crippen molar-refractivity contribution in [2.24, 2.45) is 10.9 Å². The predicted octanol–water partition coefficient (Wildman–Crippen LogP) is 2.83. The second kappa shape index (κ2) is 8.95. The summed E-state index contributed by atoms with van der Waals surface area (Å²) in [5.74, 6) is 1.51. The van der Waals surface area contributed by atoms with Gasteiger partial charge < -0.3 is 4.57 Å². The molecule has 1 atom stereocenters. The average Bonchev–Trinajstić information content (AvgIpc) is 3.43. The molecule has 4 rings (SSSR count). The summed E-state index contributed by atoms with van der Waals surface area (Å²) in [4.78, 5) is 28.2. The number of hydrogen-bond acceptors (Lipinski definition) is 7. The Hall–Kier alpha value is -2.85. The third-order valence-corrected chi connectivity index (χ3v) is 9.43. The molecule has 32 heavy (non-hydrogen) atoms. The van der Waals surface area contributed by atoms with Crippen LogP contribution in [-0.2, 0) is 21.4 Å². The maximum absolute atomic E-state index is 13.0. The van der Waals surface area contributed by atoms with Crippen molar-refractivity contribution < 1.29 is 18.1 Å². The first-order valence-electron chi connectivity index (χ1n) is 9.64. The number of nitrogens with zero attached hydrogens (tertiary/aromatic N) is 4. The van der Waals surface area contributed by atoms with Crippen LogP contribution in [0.25, 0.3) is 10.2 Å². The lowest BCUT2D eigenvalue weighted by molar-refractivity contribution is -0.384. The van der Waals surface area contributed by atoms with Crippen molar-refractivity contribution in [3.8, 4) is 12.3 Å². The van der Waals surface area contributed by atoms with Crippen molar-refractivity contribution in [1.82, 2.24) is 8.87 Å². The van der Waals surface area contributed by atoms with E-state index >= 15 is 0 Å². The number of nitro benzene ring substituents is 1. The first kappa shape index (κ1) is 22.3. The highest BCUT2D eigenvalue weighted by atomic mass is 32.2. The topological polar surface area (TPSA) is 115 Å². The third kappa shape index (κ3) is 4.24. The zero-order valence-electron chi connectivity index (χ0n) is 16.7. The Morgan fingerprint density at radius 1 is 1.38 bits per heavy atom. The lowest BCUT2D eigenvalue weighted by Crippen LogP contribution is -2.42. The number of amides is 1. The van der Waals surface area contributed by atoms with Gasteiger partial charge in [-0.3, -0.25) is 14.9 Å². The minimum Gasteiger partial charge on any atom is -0.305 e. The SMILES string of the molecule is C#CCn1c(=NC(=O)C2CCCN(S(=O)(=O)c3cccs3)C2)sc2cc([N+](=O)[O-])ccc21. The van der Waals surface area contributed by atoms with Crippen LogP contribution in [0.3, 0.4) is 0 Å². The maximum Gasteiger partial charge on any atom is 0.270 e. The third-order valence-electron chi connectivity index (χ3n) is 5.15. The normalized spacial score (nSPS) is 18.0. The number of nitro groups is 1. The molecule has 12 heteroatoms. The standard InChI is InChI=1S/C20H18N4O5S3/c1-2-9-23-16-8-7-15(24(26)27)12-17(16)31-20(23)21-19(25)14-5-3-10-22(13-14)32(28,29)18-6-4-11-30-18/h1,4,6-8,11-12,14H,3,5,9-10,13H2. The van der Waals surface area contributed by atoms with Crippen molar-refractivity contribution in [2.45, 2.75) is 23.6 Å². The first-order chi connectivity index (χ1) is 15.3. The van der Waals surface area contributed by atoms with E-state index in [2.05, 4.69) is 10.9 Å². The van der Waals surface area contributed by atoms with Crippen molar-refractivity contribution in [1.29, 1.82) is 0 Å². The quantitative estimate of drug-likeness (QED) is 0.310. The molecule has 0 saturated carbocycles. The summed E-state index contributed by atoms with van der Waals surface area (Å²) in [5, 5.41) is 12.8. The van der Waals surface area contributed by atoms with Crippen LogP contribution in [0.1, 0.15) is 12.8 Å². The number of piperidine rings is 1. The Morgan fingerprint density at radius 2 is 2.19 bits per heavy atom. The molecular formula is C20H18N4O5S3. The lowest BCUT2D eigenvalue weighted by Gasteiger charge is -2.29. The fourth-order valence-electron chi connectivity index (χ4n) is 3.59. The molecule has 166 valence electrons. The van der Waals surface area contributed by atoms with Crippen LogP contribution in [0.2, 0.25) is 0 Å². The zero-order valence-corrected chi connectivity index (χ0v) is 19.2. The molecule has 0 N–H and O–H groups in total. The molecule has 9 nitrogen and oxygen atoms in total. The van der Waals surface area contributed by atoms with Gasteiger partial charge in [0.25, 0.3) is 21.6 Å². The molecule has 1 fully saturated rings. The van der Waals surface area contributed by atoms with Crippen LogP contribution in [0.4, 0.5) is 5.69 Å². The molecule has 1 aliphatic rings. The molecular weight excluding hydrogens is 472 g/mol. The number of aromatic nitrogens is 1. The van der Waals surface area contributed by atoms with Gasteiger partial charge in [0.1, 0.15) is 4.21 Å². The molecule has 1 saturated heterocycles. The van der Waals surface area contributed by atoms with Crippen LogP contribution in [0, 0.1) is 28.4 Å². The number of rotatable bonds is 5. The zero-order chi connectivity index (χ0) is 22.9. The Labute approximate surface area is 191 Å². The number of terminal acetylenes is 1. The van der Waals surface area contributed by atoms with E-state index in [1.807, 2.05) is 0 Å². The molecule has 1 unspecified atom stereocenters. The fraction of sp³-hybridized carbons (Fsp3) is 0.300. The molecule has 0 spiro atoms. The molecule has 0 aliphatic carbocycles. The van der Waals surface area contributed by atoms with Gasteiger partial charge in [0, 0.05) is 25.2 Å². The number of thiophene rings is 1. The second-order valence-electron chi connectivity index (χ2n) is 7.17. The molecule has 0 bridgehead atoms. The van der Waals surface area contributed by atoms with Gasteiger partial charge in [0.15, 0.2) is 4.80 Å². The monoisotopic (exact) mass is 490 g/mol. The molecule has 3 heterocycles. The van der Waals surface area contributed by atoms with Gasteiger partial charge in [0.05, 0.1) is 27.6 Å². The van der Waals surface area contributed by atoms with Crippen molar-refractivity contribution in [3.63, 3.8) is 0 Å². The van der Waals surface area contributed by atoms with Gasteiger partial charge in [-0.05, 0) is 30.4 Å². The Balaban J connectivity index is 1.66. The van der Waals surface area contributed by atoms with Crippen molar-refractivity contribution >= 4 is 54.5 Å². The number of sulfonamides is 1. The number of non-ortho nitro benzene ring substituents is 1. The van der Waals surface area contributed by atoms with Crippen LogP contribution >= 0.6 is 22.7 Å². The van der Waals surface area contributed by atoms with E-state index in [1.54, 1.807) is 28.1 Å². The smallest absolute Gasteiger partial charge is 0.270 e. The highest BCUT2D eigenvalue weighted by molar-refractivity contribution is 7.91. The van der Waals surface area contributed by atoms with Gasteiger partial charge >= 0.3 is 0 Å². The van der Waals surface area contributed by atoms with Crippen molar-refractivity contribution in [3.05, 3.63) is 50.6 Å². The Bertz CT molecular complexity index is 1400. The molecule has 3 aromatic rings. The molecule has 1 amide bonds. The van der Waals surface area contributed by atoms with E-state index in [0.29, 0.717) is 34.4 Å². The van der Waals surface area contributed by atoms with E-state index in [0.717, 1.165) is 22.7 Å². The molecule has 2 aromatic heterocycles. The summed E-state index contributed by atoms with van der Waals surface area (Å²) >= 11 is 2.28. The highest BCUT2D eigenvalue weighted by Gasteiger charge is 2.33. The summed E-state index contributed by atoms with van der Waals surface area (Å²) in [6.07, 6.45) is 6.56. The van der Waals surface area contributed by atoms with Crippen LogP contribution in [-0.4, -0.2) is 41.2 Å². The van der Waals surface area contributed by atoms with Gasteiger partial charge in [-0.15, -0.1) is 17.8 Å². The number of carbonyl (C=O) groups is 1. The predicted molar refractivity (Wildman–Crippen MR) is 122 cm³/mol. The Kier molecular flexibility index (Phi) is 6.25. The van der Waals surface area contributed by atoms with Crippen LogP contribution in [0.5, 0.6) is 0 Å². The first-order valence-corrected chi connectivity index (χ1v) is 12.8.